The Labute approximate surface area is 97.9 Å². The highest BCUT2D eigenvalue weighted by Crippen LogP contribution is 2.18. The molecule has 2 aromatic rings. The van der Waals surface area contributed by atoms with Gasteiger partial charge in [-0.1, -0.05) is 0 Å². The standard InChI is InChI=1S/C11H14BrN3/c1-14(2)7-5-11-13-8-10-9(12)4-3-6-15(10)11/h3-4,6,8H,5,7H2,1-2H3. The number of nitrogens with zero attached hydrogens (tertiary/aromatic N) is 3. The van der Waals surface area contributed by atoms with Crippen LogP contribution in [0.1, 0.15) is 5.82 Å². The van der Waals surface area contributed by atoms with E-state index in [-0.39, 0.29) is 0 Å². The molecule has 0 N–H and O–H groups in total. The van der Waals surface area contributed by atoms with Crippen molar-refractivity contribution in [2.45, 2.75) is 6.42 Å². The molecular formula is C11H14BrN3. The molecule has 2 heterocycles. The Morgan fingerprint density at radius 1 is 1.47 bits per heavy atom. The molecule has 0 aliphatic carbocycles. The van der Waals surface area contributed by atoms with E-state index in [1.807, 2.05) is 18.3 Å². The number of rotatable bonds is 3. The van der Waals surface area contributed by atoms with Crippen molar-refractivity contribution in [3.63, 3.8) is 0 Å². The van der Waals surface area contributed by atoms with Gasteiger partial charge in [-0.15, -0.1) is 0 Å². The van der Waals surface area contributed by atoms with E-state index in [4.69, 9.17) is 0 Å². The Kier molecular flexibility index (Phi) is 3.07. The summed E-state index contributed by atoms with van der Waals surface area (Å²) in [6.45, 7) is 1.02. The summed E-state index contributed by atoms with van der Waals surface area (Å²) in [4.78, 5) is 6.60. The molecule has 0 saturated carbocycles. The van der Waals surface area contributed by atoms with Crippen LogP contribution in [0.25, 0.3) is 5.52 Å². The minimum absolute atomic E-state index is 0.970. The van der Waals surface area contributed by atoms with E-state index >= 15 is 0 Å². The van der Waals surface area contributed by atoms with Crippen LogP contribution < -0.4 is 0 Å². The maximum absolute atomic E-state index is 4.43. The van der Waals surface area contributed by atoms with Crippen molar-refractivity contribution in [1.82, 2.24) is 14.3 Å². The number of pyridine rings is 1. The molecule has 15 heavy (non-hydrogen) atoms. The monoisotopic (exact) mass is 267 g/mol. The zero-order valence-electron chi connectivity index (χ0n) is 8.94. The van der Waals surface area contributed by atoms with Gasteiger partial charge >= 0.3 is 0 Å². The Morgan fingerprint density at radius 2 is 2.27 bits per heavy atom. The Balaban J connectivity index is 2.33. The van der Waals surface area contributed by atoms with E-state index in [0.29, 0.717) is 0 Å². The lowest BCUT2D eigenvalue weighted by atomic mass is 10.3. The molecule has 0 aliphatic rings. The molecule has 0 amide bonds. The van der Waals surface area contributed by atoms with E-state index in [2.05, 4.69) is 50.5 Å². The van der Waals surface area contributed by atoms with Gasteiger partial charge in [0.2, 0.25) is 0 Å². The quantitative estimate of drug-likeness (QED) is 0.850. The summed E-state index contributed by atoms with van der Waals surface area (Å²) in [7, 11) is 4.15. The van der Waals surface area contributed by atoms with Gasteiger partial charge in [-0.2, -0.15) is 0 Å². The highest BCUT2D eigenvalue weighted by molar-refractivity contribution is 9.10. The summed E-state index contributed by atoms with van der Waals surface area (Å²) in [6, 6.07) is 4.06. The maximum atomic E-state index is 4.43. The normalized spacial score (nSPS) is 11.5. The molecule has 3 nitrogen and oxygen atoms in total. The lowest BCUT2D eigenvalue weighted by molar-refractivity contribution is 0.409. The highest BCUT2D eigenvalue weighted by atomic mass is 79.9. The van der Waals surface area contributed by atoms with Gasteiger partial charge < -0.3 is 9.30 Å². The van der Waals surface area contributed by atoms with Gasteiger partial charge in [0.15, 0.2) is 0 Å². The first-order valence-electron chi connectivity index (χ1n) is 4.93. The second-order valence-electron chi connectivity index (χ2n) is 3.84. The summed E-state index contributed by atoms with van der Waals surface area (Å²) in [5.41, 5.74) is 1.13. The van der Waals surface area contributed by atoms with Crippen molar-refractivity contribution in [1.29, 1.82) is 0 Å². The molecule has 2 rings (SSSR count). The predicted molar refractivity (Wildman–Crippen MR) is 65.2 cm³/mol. The van der Waals surface area contributed by atoms with Crippen LogP contribution in [0.2, 0.25) is 0 Å². The molecule has 0 aliphatic heterocycles. The average Bonchev–Trinajstić information content (AvgIpc) is 2.59. The molecule has 0 aromatic carbocycles. The van der Waals surface area contributed by atoms with E-state index in [0.717, 1.165) is 28.8 Å². The number of imidazole rings is 1. The fourth-order valence-electron chi connectivity index (χ4n) is 1.55. The summed E-state index contributed by atoms with van der Waals surface area (Å²) in [6.07, 6.45) is 4.94. The smallest absolute Gasteiger partial charge is 0.114 e. The summed E-state index contributed by atoms with van der Waals surface area (Å²) in [5, 5.41) is 0. The summed E-state index contributed by atoms with van der Waals surface area (Å²) < 4.78 is 3.22. The van der Waals surface area contributed by atoms with Gasteiger partial charge in [-0.05, 0) is 42.2 Å². The van der Waals surface area contributed by atoms with Crippen LogP contribution in [-0.2, 0) is 6.42 Å². The predicted octanol–water partition coefficient (Wildman–Crippen LogP) is 2.20. The molecule has 2 aromatic heterocycles. The maximum Gasteiger partial charge on any atom is 0.114 e. The second kappa shape index (κ2) is 4.33. The van der Waals surface area contributed by atoms with Gasteiger partial charge in [0.25, 0.3) is 0 Å². The number of fused-ring (bicyclic) bond motifs is 1. The lowest BCUT2D eigenvalue weighted by Crippen LogP contribution is -2.16. The zero-order valence-corrected chi connectivity index (χ0v) is 10.5. The van der Waals surface area contributed by atoms with Crippen LogP contribution in [0.15, 0.2) is 29.0 Å². The first-order valence-corrected chi connectivity index (χ1v) is 5.73. The SMILES string of the molecule is CN(C)CCc1ncc2c(Br)cccn12. The molecule has 0 unspecified atom stereocenters. The third kappa shape index (κ3) is 2.21. The van der Waals surface area contributed by atoms with Crippen LogP contribution in [0.5, 0.6) is 0 Å². The first kappa shape index (κ1) is 10.6. The largest absolute Gasteiger partial charge is 0.309 e. The van der Waals surface area contributed by atoms with Crippen LogP contribution in [0.4, 0.5) is 0 Å². The Morgan fingerprint density at radius 3 is 3.00 bits per heavy atom. The number of hydrogen-bond donors (Lipinski definition) is 0. The van der Waals surface area contributed by atoms with Crippen LogP contribution in [0.3, 0.4) is 0 Å². The summed E-state index contributed by atoms with van der Waals surface area (Å²) >= 11 is 3.52. The second-order valence-corrected chi connectivity index (χ2v) is 4.69. The van der Waals surface area contributed by atoms with Crippen LogP contribution in [-0.4, -0.2) is 34.9 Å². The molecule has 0 spiro atoms. The third-order valence-corrected chi connectivity index (χ3v) is 3.05. The van der Waals surface area contributed by atoms with Gasteiger partial charge in [0, 0.05) is 23.6 Å². The van der Waals surface area contributed by atoms with Gasteiger partial charge in [0.1, 0.15) is 5.82 Å². The fourth-order valence-corrected chi connectivity index (χ4v) is 2.00. The topological polar surface area (TPSA) is 20.5 Å². The molecule has 0 fully saturated rings. The first-order chi connectivity index (χ1) is 7.18. The van der Waals surface area contributed by atoms with Gasteiger partial charge in [-0.3, -0.25) is 0 Å². The van der Waals surface area contributed by atoms with E-state index in [9.17, 15) is 0 Å². The zero-order chi connectivity index (χ0) is 10.8. The number of likely N-dealkylation sites (N-methyl/N-ethyl adjacent to an activating group) is 1. The van der Waals surface area contributed by atoms with Crippen molar-refractivity contribution >= 4 is 21.4 Å². The van der Waals surface area contributed by atoms with Crippen molar-refractivity contribution in [2.24, 2.45) is 0 Å². The van der Waals surface area contributed by atoms with Crippen molar-refractivity contribution < 1.29 is 0 Å². The molecule has 0 radical (unpaired) electrons. The van der Waals surface area contributed by atoms with Gasteiger partial charge in [0.05, 0.1) is 11.7 Å². The van der Waals surface area contributed by atoms with Crippen LogP contribution in [0, 0.1) is 0 Å². The molecular weight excluding hydrogens is 254 g/mol. The molecule has 0 bridgehead atoms. The van der Waals surface area contributed by atoms with E-state index in [1.165, 1.54) is 0 Å². The number of hydrogen-bond acceptors (Lipinski definition) is 2. The molecule has 80 valence electrons. The Hall–Kier alpha value is -0.870. The van der Waals surface area contributed by atoms with Gasteiger partial charge in [-0.25, -0.2) is 4.98 Å². The average molecular weight is 268 g/mol. The molecule has 0 saturated heterocycles. The minimum atomic E-state index is 0.970. The summed E-state index contributed by atoms with van der Waals surface area (Å²) in [5.74, 6) is 1.11. The Bertz CT molecular complexity index is 462. The number of halogens is 1. The van der Waals surface area contributed by atoms with E-state index < -0.39 is 0 Å². The fraction of sp³-hybridized carbons (Fsp3) is 0.364. The molecule has 4 heteroatoms. The third-order valence-electron chi connectivity index (χ3n) is 2.38. The van der Waals surface area contributed by atoms with Crippen molar-refractivity contribution in [2.75, 3.05) is 20.6 Å². The lowest BCUT2D eigenvalue weighted by Gasteiger charge is -2.08. The van der Waals surface area contributed by atoms with E-state index in [1.54, 1.807) is 0 Å². The number of aromatic nitrogens is 2. The van der Waals surface area contributed by atoms with Crippen molar-refractivity contribution in [3.8, 4) is 0 Å². The minimum Gasteiger partial charge on any atom is -0.309 e. The highest BCUT2D eigenvalue weighted by Gasteiger charge is 2.05. The van der Waals surface area contributed by atoms with Crippen LogP contribution >= 0.6 is 15.9 Å². The molecule has 0 atom stereocenters. The van der Waals surface area contributed by atoms with Crippen molar-refractivity contribution in [3.05, 3.63) is 34.8 Å².